The first-order valence-corrected chi connectivity index (χ1v) is 13.8. The molecule has 0 radical (unpaired) electrons. The van der Waals surface area contributed by atoms with Crippen LogP contribution in [0.15, 0.2) is 70.2 Å². The zero-order valence-corrected chi connectivity index (χ0v) is 22.1. The maximum atomic E-state index is 13.9. The summed E-state index contributed by atoms with van der Waals surface area (Å²) in [6, 6.07) is 14.4. The minimum absolute atomic E-state index is 0.0783. The van der Waals surface area contributed by atoms with Gasteiger partial charge in [0, 0.05) is 12.7 Å². The van der Waals surface area contributed by atoms with E-state index in [0.717, 1.165) is 16.7 Å². The highest BCUT2D eigenvalue weighted by Crippen LogP contribution is 2.36. The van der Waals surface area contributed by atoms with Gasteiger partial charge in [-0.2, -0.15) is 0 Å². The SMILES string of the molecule is CCOC(=O)c1cc2c(n1Cc1ccc(F)c(Br)c1)-c1nc(NS(=O)(=O)c3ccccc3)ncc1CC2. The third-order valence-corrected chi connectivity index (χ3v) is 7.97. The van der Waals surface area contributed by atoms with E-state index in [1.54, 1.807) is 54.1 Å². The minimum atomic E-state index is -3.90. The molecular weight excluding hydrogens is 563 g/mol. The zero-order chi connectivity index (χ0) is 26.2. The molecule has 1 aliphatic rings. The van der Waals surface area contributed by atoms with E-state index in [1.807, 2.05) is 0 Å². The number of nitrogens with zero attached hydrogens (tertiary/aromatic N) is 3. The Morgan fingerprint density at radius 3 is 2.62 bits per heavy atom. The van der Waals surface area contributed by atoms with Crippen LogP contribution in [0.5, 0.6) is 0 Å². The monoisotopic (exact) mass is 584 g/mol. The van der Waals surface area contributed by atoms with E-state index < -0.39 is 21.8 Å². The van der Waals surface area contributed by atoms with Crippen LogP contribution in [-0.2, 0) is 34.1 Å². The van der Waals surface area contributed by atoms with Crippen LogP contribution in [0.1, 0.15) is 34.1 Å². The van der Waals surface area contributed by atoms with Gasteiger partial charge >= 0.3 is 5.97 Å². The Hall–Kier alpha value is -3.57. The van der Waals surface area contributed by atoms with Crippen molar-refractivity contribution in [3.05, 3.63) is 93.5 Å². The number of hydrogen-bond acceptors (Lipinski definition) is 6. The van der Waals surface area contributed by atoms with Crippen LogP contribution in [0, 0.1) is 5.82 Å². The van der Waals surface area contributed by atoms with Crippen molar-refractivity contribution in [2.24, 2.45) is 0 Å². The van der Waals surface area contributed by atoms with Crippen molar-refractivity contribution in [2.75, 3.05) is 11.3 Å². The van der Waals surface area contributed by atoms with Crippen LogP contribution in [0.2, 0.25) is 0 Å². The predicted octanol–water partition coefficient (Wildman–Crippen LogP) is 4.97. The van der Waals surface area contributed by atoms with Crippen molar-refractivity contribution in [1.82, 2.24) is 14.5 Å². The van der Waals surface area contributed by atoms with Crippen molar-refractivity contribution in [1.29, 1.82) is 0 Å². The van der Waals surface area contributed by atoms with Gasteiger partial charge in [0.1, 0.15) is 11.5 Å². The van der Waals surface area contributed by atoms with Gasteiger partial charge < -0.3 is 9.30 Å². The summed E-state index contributed by atoms with van der Waals surface area (Å²) in [5.74, 6) is -0.957. The molecule has 190 valence electrons. The van der Waals surface area contributed by atoms with Crippen LogP contribution < -0.4 is 4.72 Å². The topological polar surface area (TPSA) is 103 Å². The number of fused-ring (bicyclic) bond motifs is 3. The zero-order valence-electron chi connectivity index (χ0n) is 19.7. The molecule has 2 aromatic carbocycles. The van der Waals surface area contributed by atoms with Gasteiger partial charge in [0.25, 0.3) is 10.0 Å². The molecule has 0 bridgehead atoms. The molecule has 0 aliphatic heterocycles. The molecule has 4 aromatic rings. The Bertz CT molecular complexity index is 1610. The fourth-order valence-corrected chi connectivity index (χ4v) is 5.72. The highest BCUT2D eigenvalue weighted by molar-refractivity contribution is 9.10. The number of hydrogen-bond donors (Lipinski definition) is 1. The van der Waals surface area contributed by atoms with Crippen LogP contribution in [0.3, 0.4) is 0 Å². The number of aromatic nitrogens is 3. The normalized spacial score (nSPS) is 12.5. The number of halogens is 2. The van der Waals surface area contributed by atoms with Gasteiger partial charge in [-0.15, -0.1) is 0 Å². The number of benzene rings is 2. The first-order valence-electron chi connectivity index (χ1n) is 11.5. The summed E-state index contributed by atoms with van der Waals surface area (Å²) in [6.45, 7) is 2.19. The van der Waals surface area contributed by atoms with E-state index in [-0.39, 0.29) is 24.0 Å². The number of rotatable bonds is 7. The van der Waals surface area contributed by atoms with Crippen molar-refractivity contribution in [3.8, 4) is 11.4 Å². The van der Waals surface area contributed by atoms with Gasteiger partial charge in [-0.3, -0.25) is 0 Å². The number of ether oxygens (including phenoxy) is 1. The van der Waals surface area contributed by atoms with Gasteiger partial charge in [0.05, 0.1) is 27.4 Å². The van der Waals surface area contributed by atoms with Crippen LogP contribution >= 0.6 is 15.9 Å². The summed E-state index contributed by atoms with van der Waals surface area (Å²) in [6.07, 6.45) is 2.87. The minimum Gasteiger partial charge on any atom is -0.461 e. The molecule has 2 heterocycles. The Balaban J connectivity index is 1.60. The maximum Gasteiger partial charge on any atom is 0.354 e. The average molecular weight is 585 g/mol. The molecule has 1 aliphatic carbocycles. The van der Waals surface area contributed by atoms with E-state index in [0.29, 0.717) is 34.4 Å². The van der Waals surface area contributed by atoms with Crippen molar-refractivity contribution >= 4 is 37.9 Å². The molecule has 0 fully saturated rings. The molecule has 5 rings (SSSR count). The predicted molar refractivity (Wildman–Crippen MR) is 139 cm³/mol. The lowest BCUT2D eigenvalue weighted by molar-refractivity contribution is 0.0514. The molecule has 0 spiro atoms. The molecule has 0 unspecified atom stereocenters. The number of anilines is 1. The van der Waals surface area contributed by atoms with Gasteiger partial charge in [0.2, 0.25) is 5.95 Å². The van der Waals surface area contributed by atoms with E-state index in [2.05, 4.69) is 30.6 Å². The summed E-state index contributed by atoms with van der Waals surface area (Å²) < 4.78 is 49.4. The first kappa shape index (κ1) is 25.1. The molecule has 0 amide bonds. The molecule has 11 heteroatoms. The maximum absolute atomic E-state index is 13.9. The quantitative estimate of drug-likeness (QED) is 0.308. The largest absolute Gasteiger partial charge is 0.461 e. The number of sulfonamides is 1. The number of esters is 1. The van der Waals surface area contributed by atoms with E-state index in [9.17, 15) is 17.6 Å². The Morgan fingerprint density at radius 2 is 1.89 bits per heavy atom. The smallest absolute Gasteiger partial charge is 0.354 e. The standard InChI is InChI=1S/C26H22BrFN4O4S/c1-2-36-25(33)22-13-17-9-10-18-14-29-26(31-37(34,35)19-6-4-3-5-7-19)30-23(18)24(17)32(22)15-16-8-11-21(28)20(27)12-16/h3-8,11-14H,2,9-10,15H2,1H3,(H,29,30,31). The molecule has 0 saturated carbocycles. The summed E-state index contributed by atoms with van der Waals surface area (Å²) in [4.78, 5) is 21.8. The third-order valence-electron chi connectivity index (χ3n) is 6.02. The molecule has 8 nitrogen and oxygen atoms in total. The molecule has 0 saturated heterocycles. The molecule has 37 heavy (non-hydrogen) atoms. The van der Waals surface area contributed by atoms with Gasteiger partial charge in [-0.1, -0.05) is 24.3 Å². The van der Waals surface area contributed by atoms with Crippen LogP contribution in [0.25, 0.3) is 11.4 Å². The van der Waals surface area contributed by atoms with Crippen molar-refractivity contribution in [2.45, 2.75) is 31.2 Å². The fraction of sp³-hybridized carbons (Fsp3) is 0.192. The summed E-state index contributed by atoms with van der Waals surface area (Å²) in [5.41, 5.74) is 4.00. The van der Waals surface area contributed by atoms with Crippen LogP contribution in [0.4, 0.5) is 10.3 Å². The Labute approximate surface area is 221 Å². The lowest BCUT2D eigenvalue weighted by Gasteiger charge is -2.20. The number of nitrogens with one attached hydrogen (secondary N) is 1. The number of carbonyl (C=O) groups is 1. The molecular formula is C26H22BrFN4O4S. The van der Waals surface area contributed by atoms with Crippen molar-refractivity contribution in [3.63, 3.8) is 0 Å². The van der Waals surface area contributed by atoms with E-state index >= 15 is 0 Å². The second-order valence-electron chi connectivity index (χ2n) is 8.44. The lowest BCUT2D eigenvalue weighted by Crippen LogP contribution is -2.18. The summed E-state index contributed by atoms with van der Waals surface area (Å²) >= 11 is 3.22. The number of aryl methyl sites for hydroxylation is 2. The highest BCUT2D eigenvalue weighted by atomic mass is 79.9. The summed E-state index contributed by atoms with van der Waals surface area (Å²) in [7, 11) is -3.90. The van der Waals surface area contributed by atoms with Gasteiger partial charge in [-0.05, 0) is 82.7 Å². The van der Waals surface area contributed by atoms with Crippen LogP contribution in [-0.4, -0.2) is 35.5 Å². The molecule has 1 N–H and O–H groups in total. The molecule has 2 aromatic heterocycles. The number of carbonyl (C=O) groups excluding carboxylic acids is 1. The van der Waals surface area contributed by atoms with Gasteiger partial charge in [0.15, 0.2) is 0 Å². The fourth-order valence-electron chi connectivity index (χ4n) is 4.33. The van der Waals surface area contributed by atoms with E-state index in [1.165, 1.54) is 18.2 Å². The highest BCUT2D eigenvalue weighted by Gasteiger charge is 2.29. The lowest BCUT2D eigenvalue weighted by atomic mass is 9.95. The third kappa shape index (κ3) is 5.01. The second kappa shape index (κ2) is 10.1. The average Bonchev–Trinajstić information content (AvgIpc) is 3.25. The van der Waals surface area contributed by atoms with Gasteiger partial charge in [-0.25, -0.2) is 32.3 Å². The Kier molecular flexibility index (Phi) is 6.82. The molecule has 0 atom stereocenters. The van der Waals surface area contributed by atoms with Crippen molar-refractivity contribution < 1.29 is 22.3 Å². The van der Waals surface area contributed by atoms with E-state index in [4.69, 9.17) is 4.74 Å². The second-order valence-corrected chi connectivity index (χ2v) is 11.0. The Morgan fingerprint density at radius 1 is 1.14 bits per heavy atom. The first-order chi connectivity index (χ1) is 17.8. The summed E-state index contributed by atoms with van der Waals surface area (Å²) in [5, 5.41) is 0.